The fraction of sp³-hybridized carbons (Fsp3) is 0.214. The number of fused-ring (bicyclic) bond motifs is 1. The summed E-state index contributed by atoms with van der Waals surface area (Å²) < 4.78 is 3.02. The minimum atomic E-state index is 0.376. The zero-order valence-electron chi connectivity index (χ0n) is 11.3. The molecule has 3 aromatic rings. The number of hydrogen-bond donors (Lipinski definition) is 0. The van der Waals surface area contributed by atoms with Gasteiger partial charge in [-0.1, -0.05) is 33.6 Å². The van der Waals surface area contributed by atoms with Gasteiger partial charge in [0, 0.05) is 15.7 Å². The van der Waals surface area contributed by atoms with E-state index in [1.54, 1.807) is 0 Å². The molecule has 6 heteroatoms. The van der Waals surface area contributed by atoms with Crippen molar-refractivity contribution in [1.82, 2.24) is 19.6 Å². The van der Waals surface area contributed by atoms with Gasteiger partial charge in [-0.25, -0.2) is 4.98 Å². The maximum Gasteiger partial charge on any atom is 0.199 e. The molecule has 2 heterocycles. The molecule has 0 aliphatic carbocycles. The molecule has 1 aromatic carbocycles. The van der Waals surface area contributed by atoms with Gasteiger partial charge < -0.3 is 0 Å². The Morgan fingerprint density at radius 2 is 1.90 bits per heavy atom. The summed E-state index contributed by atoms with van der Waals surface area (Å²) in [4.78, 5) is 4.27. The lowest BCUT2D eigenvalue weighted by Gasteiger charge is -2.08. The van der Waals surface area contributed by atoms with Gasteiger partial charge in [-0.2, -0.15) is 0 Å². The van der Waals surface area contributed by atoms with E-state index in [0.29, 0.717) is 10.8 Å². The number of rotatable bonds is 1. The molecule has 0 aliphatic rings. The lowest BCUT2D eigenvalue weighted by atomic mass is 10.1. The number of aryl methyl sites for hydroxylation is 3. The molecule has 0 radical (unpaired) electrons. The third-order valence-electron chi connectivity index (χ3n) is 3.39. The van der Waals surface area contributed by atoms with Crippen LogP contribution in [0.1, 0.15) is 17.0 Å². The third kappa shape index (κ3) is 2.01. The summed E-state index contributed by atoms with van der Waals surface area (Å²) in [6.45, 7) is 5.96. The Kier molecular flexibility index (Phi) is 3.26. The molecule has 0 bridgehead atoms. The van der Waals surface area contributed by atoms with E-state index in [9.17, 15) is 0 Å². The zero-order valence-corrected chi connectivity index (χ0v) is 13.6. The van der Waals surface area contributed by atoms with Crippen molar-refractivity contribution in [2.75, 3.05) is 0 Å². The second-order valence-corrected chi connectivity index (χ2v) is 5.93. The van der Waals surface area contributed by atoms with Crippen molar-refractivity contribution in [3.05, 3.63) is 44.8 Å². The second-order valence-electron chi connectivity index (χ2n) is 4.72. The standard InChI is InChI=1S/C14H12BrClN4/c1-7-6-10(4-5-11(7)15)13-18-19-14-12(16)17-8(2)9(3)20(13)14/h4-6H,1-3H3. The number of hydrogen-bond acceptors (Lipinski definition) is 3. The zero-order chi connectivity index (χ0) is 14.4. The molecule has 0 amide bonds. The van der Waals surface area contributed by atoms with Gasteiger partial charge in [0.25, 0.3) is 0 Å². The summed E-state index contributed by atoms with van der Waals surface area (Å²) >= 11 is 9.66. The number of benzene rings is 1. The molecule has 102 valence electrons. The molecule has 0 saturated heterocycles. The van der Waals surface area contributed by atoms with E-state index >= 15 is 0 Å². The Bertz CT molecular complexity index is 826. The highest BCUT2D eigenvalue weighted by Crippen LogP contribution is 2.27. The van der Waals surface area contributed by atoms with E-state index < -0.39 is 0 Å². The molecule has 0 aliphatic heterocycles. The van der Waals surface area contributed by atoms with E-state index in [0.717, 1.165) is 32.8 Å². The van der Waals surface area contributed by atoms with Crippen LogP contribution < -0.4 is 0 Å². The van der Waals surface area contributed by atoms with Crippen LogP contribution in [0.25, 0.3) is 17.0 Å². The van der Waals surface area contributed by atoms with E-state index in [2.05, 4.69) is 37.2 Å². The van der Waals surface area contributed by atoms with Gasteiger partial charge in [0.1, 0.15) is 0 Å². The Labute approximate surface area is 129 Å². The van der Waals surface area contributed by atoms with Crippen molar-refractivity contribution in [3.8, 4) is 11.4 Å². The molecule has 0 atom stereocenters. The van der Waals surface area contributed by atoms with Gasteiger partial charge in [0.05, 0.1) is 5.69 Å². The summed E-state index contributed by atoms with van der Waals surface area (Å²) in [6, 6.07) is 6.09. The Morgan fingerprint density at radius 3 is 2.60 bits per heavy atom. The number of aromatic nitrogens is 4. The van der Waals surface area contributed by atoms with Gasteiger partial charge in [0.15, 0.2) is 16.6 Å². The largest absolute Gasteiger partial charge is 0.275 e. The topological polar surface area (TPSA) is 43.1 Å². The van der Waals surface area contributed by atoms with Crippen LogP contribution in [0.15, 0.2) is 22.7 Å². The van der Waals surface area contributed by atoms with Crippen LogP contribution in [-0.2, 0) is 0 Å². The molecule has 2 aromatic heterocycles. The fourth-order valence-corrected chi connectivity index (χ4v) is 2.64. The Morgan fingerprint density at radius 1 is 1.15 bits per heavy atom. The van der Waals surface area contributed by atoms with Crippen LogP contribution >= 0.6 is 27.5 Å². The summed E-state index contributed by atoms with van der Waals surface area (Å²) in [5.41, 5.74) is 4.60. The van der Waals surface area contributed by atoms with Gasteiger partial charge in [-0.05, 0) is 38.5 Å². The molecule has 0 spiro atoms. The Balaban J connectivity index is 2.34. The van der Waals surface area contributed by atoms with Crippen LogP contribution in [0, 0.1) is 20.8 Å². The number of halogens is 2. The Hall–Kier alpha value is -1.46. The van der Waals surface area contributed by atoms with Crippen molar-refractivity contribution < 1.29 is 0 Å². The fourth-order valence-electron chi connectivity index (χ4n) is 2.15. The van der Waals surface area contributed by atoms with Crippen molar-refractivity contribution in [3.63, 3.8) is 0 Å². The quantitative estimate of drug-likeness (QED) is 0.662. The average Bonchev–Trinajstić information content (AvgIpc) is 2.85. The van der Waals surface area contributed by atoms with E-state index in [1.165, 1.54) is 0 Å². The minimum Gasteiger partial charge on any atom is -0.275 e. The van der Waals surface area contributed by atoms with E-state index in [-0.39, 0.29) is 0 Å². The summed E-state index contributed by atoms with van der Waals surface area (Å²) in [5.74, 6) is 0.778. The normalized spacial score (nSPS) is 11.2. The van der Waals surface area contributed by atoms with Crippen LogP contribution in [0.5, 0.6) is 0 Å². The minimum absolute atomic E-state index is 0.376. The third-order valence-corrected chi connectivity index (χ3v) is 4.53. The van der Waals surface area contributed by atoms with Crippen LogP contribution in [0.3, 0.4) is 0 Å². The predicted molar refractivity (Wildman–Crippen MR) is 83.1 cm³/mol. The number of nitrogens with zero attached hydrogens (tertiary/aromatic N) is 4. The first kappa shape index (κ1) is 13.5. The maximum atomic E-state index is 6.15. The average molecular weight is 352 g/mol. The highest BCUT2D eigenvalue weighted by molar-refractivity contribution is 9.10. The van der Waals surface area contributed by atoms with Crippen molar-refractivity contribution >= 4 is 33.2 Å². The summed E-state index contributed by atoms with van der Waals surface area (Å²) in [5, 5.41) is 8.80. The van der Waals surface area contributed by atoms with E-state index in [1.807, 2.05) is 37.3 Å². The van der Waals surface area contributed by atoms with E-state index in [4.69, 9.17) is 11.6 Å². The molecule has 0 N–H and O–H groups in total. The molecule has 4 nitrogen and oxygen atoms in total. The van der Waals surface area contributed by atoms with Gasteiger partial charge in [0.2, 0.25) is 0 Å². The molecule has 0 unspecified atom stereocenters. The first-order valence-electron chi connectivity index (χ1n) is 6.13. The SMILES string of the molecule is Cc1cc(-c2nnc3c(Cl)nc(C)c(C)n23)ccc1Br. The second kappa shape index (κ2) is 4.82. The maximum absolute atomic E-state index is 6.15. The van der Waals surface area contributed by atoms with Gasteiger partial charge >= 0.3 is 0 Å². The molecule has 20 heavy (non-hydrogen) atoms. The van der Waals surface area contributed by atoms with Crippen LogP contribution in [0.2, 0.25) is 5.15 Å². The first-order valence-corrected chi connectivity index (χ1v) is 7.30. The summed E-state index contributed by atoms with van der Waals surface area (Å²) in [6.07, 6.45) is 0. The first-order chi connectivity index (χ1) is 9.49. The van der Waals surface area contributed by atoms with Gasteiger partial charge in [-0.3, -0.25) is 4.40 Å². The van der Waals surface area contributed by atoms with Crippen molar-refractivity contribution in [2.24, 2.45) is 0 Å². The lowest BCUT2D eigenvalue weighted by molar-refractivity contribution is 0.999. The lowest BCUT2D eigenvalue weighted by Crippen LogP contribution is -2.01. The molecular formula is C14H12BrClN4. The monoisotopic (exact) mass is 350 g/mol. The highest BCUT2D eigenvalue weighted by atomic mass is 79.9. The summed E-state index contributed by atoms with van der Waals surface area (Å²) in [7, 11) is 0. The van der Waals surface area contributed by atoms with Crippen molar-refractivity contribution in [1.29, 1.82) is 0 Å². The molecular weight excluding hydrogens is 340 g/mol. The predicted octanol–water partition coefficient (Wildman–Crippen LogP) is 4.13. The van der Waals surface area contributed by atoms with Crippen LogP contribution in [-0.4, -0.2) is 19.6 Å². The highest BCUT2D eigenvalue weighted by Gasteiger charge is 2.15. The van der Waals surface area contributed by atoms with Gasteiger partial charge in [-0.15, -0.1) is 10.2 Å². The van der Waals surface area contributed by atoms with Crippen LogP contribution in [0.4, 0.5) is 0 Å². The molecule has 0 fully saturated rings. The molecule has 0 saturated carbocycles. The van der Waals surface area contributed by atoms with Crippen molar-refractivity contribution in [2.45, 2.75) is 20.8 Å². The smallest absolute Gasteiger partial charge is 0.199 e. The molecule has 3 rings (SSSR count).